The molecule has 0 heterocycles. The number of ether oxygens (including phenoxy) is 1. The third kappa shape index (κ3) is 4.22. The van der Waals surface area contributed by atoms with E-state index in [0.29, 0.717) is 13.0 Å². The summed E-state index contributed by atoms with van der Waals surface area (Å²) in [6.45, 7) is 2.57. The lowest BCUT2D eigenvalue weighted by atomic mass is 9.82. The third-order valence-corrected chi connectivity index (χ3v) is 3.90. The molecule has 1 amide bonds. The lowest BCUT2D eigenvalue weighted by Gasteiger charge is -2.31. The number of carbonyl (C=O) groups excluding carboxylic acids is 1. The number of hydrogen-bond donors (Lipinski definition) is 1. The van der Waals surface area contributed by atoms with E-state index in [1.54, 1.807) is 0 Å². The quantitative estimate of drug-likeness (QED) is 0.905. The van der Waals surface area contributed by atoms with Crippen LogP contribution in [-0.2, 0) is 11.2 Å². The Morgan fingerprint density at radius 3 is 2.52 bits per heavy atom. The second kappa shape index (κ2) is 7.12. The Kier molecular flexibility index (Phi) is 5.21. The molecule has 4 heteroatoms. The molecule has 0 aliphatic heterocycles. The van der Waals surface area contributed by atoms with E-state index in [0.717, 1.165) is 43.4 Å². The first-order valence-electron chi connectivity index (χ1n) is 7.61. The molecule has 21 heavy (non-hydrogen) atoms. The number of rotatable bonds is 5. The summed E-state index contributed by atoms with van der Waals surface area (Å²) in [6, 6.07) is 9.83. The normalized spacial score (nSPS) is 16.8. The van der Waals surface area contributed by atoms with Gasteiger partial charge in [-0.2, -0.15) is 5.26 Å². The van der Waals surface area contributed by atoms with Gasteiger partial charge in [0.25, 0.3) is 0 Å². The van der Waals surface area contributed by atoms with Gasteiger partial charge in [0.15, 0.2) is 0 Å². The van der Waals surface area contributed by atoms with Crippen LogP contribution in [0.4, 0.5) is 0 Å². The number of amides is 1. The van der Waals surface area contributed by atoms with Gasteiger partial charge in [0, 0.05) is 0 Å². The maximum atomic E-state index is 12.2. The van der Waals surface area contributed by atoms with Gasteiger partial charge in [-0.15, -0.1) is 0 Å². The molecular weight excluding hydrogens is 264 g/mol. The van der Waals surface area contributed by atoms with E-state index in [9.17, 15) is 10.1 Å². The standard InChI is InChI=1S/C17H22N2O2/c1-2-21-15-8-6-14(7-9-15)12-16(20)19-17(13-18)10-4-3-5-11-17/h6-9H,2-5,10-12H2,1H3,(H,19,20). The zero-order valence-electron chi connectivity index (χ0n) is 12.5. The molecule has 2 rings (SSSR count). The SMILES string of the molecule is CCOc1ccc(CC(=O)NC2(C#N)CCCCC2)cc1. The van der Waals surface area contributed by atoms with E-state index in [-0.39, 0.29) is 5.91 Å². The molecule has 1 aliphatic rings. The zero-order chi connectivity index (χ0) is 15.1. The van der Waals surface area contributed by atoms with Crippen LogP contribution in [0.2, 0.25) is 0 Å². The molecule has 0 unspecified atom stereocenters. The summed E-state index contributed by atoms with van der Waals surface area (Å²) in [5.74, 6) is 0.727. The molecule has 0 saturated heterocycles. The monoisotopic (exact) mass is 286 g/mol. The molecule has 1 saturated carbocycles. The highest BCUT2D eigenvalue weighted by molar-refractivity contribution is 5.79. The summed E-state index contributed by atoms with van der Waals surface area (Å²) in [4.78, 5) is 12.2. The summed E-state index contributed by atoms with van der Waals surface area (Å²) in [6.07, 6.45) is 5.00. The molecule has 0 bridgehead atoms. The molecular formula is C17H22N2O2. The van der Waals surface area contributed by atoms with E-state index < -0.39 is 5.54 Å². The van der Waals surface area contributed by atoms with Crippen LogP contribution in [0.5, 0.6) is 5.75 Å². The topological polar surface area (TPSA) is 62.1 Å². The van der Waals surface area contributed by atoms with E-state index in [4.69, 9.17) is 4.74 Å². The van der Waals surface area contributed by atoms with Crippen LogP contribution >= 0.6 is 0 Å². The molecule has 1 N–H and O–H groups in total. The zero-order valence-corrected chi connectivity index (χ0v) is 12.5. The first-order valence-corrected chi connectivity index (χ1v) is 7.61. The highest BCUT2D eigenvalue weighted by Gasteiger charge is 2.33. The molecule has 0 radical (unpaired) electrons. The van der Waals surface area contributed by atoms with Crippen LogP contribution in [-0.4, -0.2) is 18.1 Å². The van der Waals surface area contributed by atoms with Crippen molar-refractivity contribution in [1.82, 2.24) is 5.32 Å². The lowest BCUT2D eigenvalue weighted by molar-refractivity contribution is -0.122. The maximum absolute atomic E-state index is 12.2. The van der Waals surface area contributed by atoms with Crippen molar-refractivity contribution in [3.8, 4) is 11.8 Å². The fraction of sp³-hybridized carbons (Fsp3) is 0.529. The molecule has 0 aromatic heterocycles. The van der Waals surface area contributed by atoms with Gasteiger partial charge in [0.1, 0.15) is 11.3 Å². The fourth-order valence-electron chi connectivity index (χ4n) is 2.79. The number of nitriles is 1. The number of hydrogen-bond acceptors (Lipinski definition) is 3. The second-order valence-electron chi connectivity index (χ2n) is 5.56. The van der Waals surface area contributed by atoms with Gasteiger partial charge in [0.05, 0.1) is 19.1 Å². The predicted octanol–water partition coefficient (Wildman–Crippen LogP) is 2.97. The summed E-state index contributed by atoms with van der Waals surface area (Å²) in [5, 5.41) is 12.3. The molecule has 0 spiro atoms. The minimum atomic E-state index is -0.652. The van der Waals surface area contributed by atoms with Gasteiger partial charge in [-0.3, -0.25) is 4.79 Å². The van der Waals surface area contributed by atoms with Crippen molar-refractivity contribution in [3.05, 3.63) is 29.8 Å². The first kappa shape index (κ1) is 15.4. The van der Waals surface area contributed by atoms with Crippen LogP contribution < -0.4 is 10.1 Å². The fourth-order valence-corrected chi connectivity index (χ4v) is 2.79. The third-order valence-electron chi connectivity index (χ3n) is 3.90. The van der Waals surface area contributed by atoms with E-state index in [1.807, 2.05) is 31.2 Å². The number of carbonyl (C=O) groups is 1. The Morgan fingerprint density at radius 1 is 1.29 bits per heavy atom. The minimum absolute atomic E-state index is 0.0809. The largest absolute Gasteiger partial charge is 0.494 e. The van der Waals surface area contributed by atoms with Gasteiger partial charge in [-0.05, 0) is 37.5 Å². The molecule has 1 aliphatic carbocycles. The Hall–Kier alpha value is -2.02. The van der Waals surface area contributed by atoms with Crippen molar-refractivity contribution < 1.29 is 9.53 Å². The van der Waals surface area contributed by atoms with Crippen molar-refractivity contribution in [2.24, 2.45) is 0 Å². The molecule has 0 atom stereocenters. The summed E-state index contributed by atoms with van der Waals surface area (Å²) in [7, 11) is 0. The molecule has 1 aromatic rings. The summed E-state index contributed by atoms with van der Waals surface area (Å²) in [5.41, 5.74) is 0.278. The van der Waals surface area contributed by atoms with Crippen molar-refractivity contribution in [1.29, 1.82) is 5.26 Å². The first-order chi connectivity index (χ1) is 10.2. The van der Waals surface area contributed by atoms with Crippen LogP contribution in [0.15, 0.2) is 24.3 Å². The van der Waals surface area contributed by atoms with E-state index >= 15 is 0 Å². The van der Waals surface area contributed by atoms with Crippen molar-refractivity contribution in [2.45, 2.75) is 51.0 Å². The molecule has 1 aromatic carbocycles. The Bertz CT molecular complexity index is 511. The van der Waals surface area contributed by atoms with Gasteiger partial charge in [-0.1, -0.05) is 31.4 Å². The molecule has 112 valence electrons. The van der Waals surface area contributed by atoms with Crippen LogP contribution in [0.3, 0.4) is 0 Å². The van der Waals surface area contributed by atoms with E-state index in [1.165, 1.54) is 0 Å². The lowest BCUT2D eigenvalue weighted by Crippen LogP contribution is -2.49. The Morgan fingerprint density at radius 2 is 1.95 bits per heavy atom. The van der Waals surface area contributed by atoms with Crippen molar-refractivity contribution in [3.63, 3.8) is 0 Å². The highest BCUT2D eigenvalue weighted by atomic mass is 16.5. The maximum Gasteiger partial charge on any atom is 0.225 e. The van der Waals surface area contributed by atoms with Crippen molar-refractivity contribution >= 4 is 5.91 Å². The number of nitrogens with zero attached hydrogens (tertiary/aromatic N) is 1. The van der Waals surface area contributed by atoms with Gasteiger partial charge in [0.2, 0.25) is 5.91 Å². The molecule has 1 fully saturated rings. The second-order valence-corrected chi connectivity index (χ2v) is 5.56. The predicted molar refractivity (Wildman–Crippen MR) is 80.9 cm³/mol. The summed E-state index contributed by atoms with van der Waals surface area (Å²) < 4.78 is 5.38. The minimum Gasteiger partial charge on any atom is -0.494 e. The number of benzene rings is 1. The van der Waals surface area contributed by atoms with E-state index in [2.05, 4.69) is 11.4 Å². The average molecular weight is 286 g/mol. The van der Waals surface area contributed by atoms with Crippen molar-refractivity contribution in [2.75, 3.05) is 6.61 Å². The van der Waals surface area contributed by atoms with Crippen LogP contribution in [0, 0.1) is 11.3 Å². The molecule has 4 nitrogen and oxygen atoms in total. The smallest absolute Gasteiger partial charge is 0.225 e. The average Bonchev–Trinajstić information content (AvgIpc) is 2.50. The highest BCUT2D eigenvalue weighted by Crippen LogP contribution is 2.27. The van der Waals surface area contributed by atoms with Crippen LogP contribution in [0.25, 0.3) is 0 Å². The Labute approximate surface area is 126 Å². The summed E-state index contributed by atoms with van der Waals surface area (Å²) >= 11 is 0. The van der Waals surface area contributed by atoms with Gasteiger partial charge < -0.3 is 10.1 Å². The van der Waals surface area contributed by atoms with Gasteiger partial charge in [-0.25, -0.2) is 0 Å². The Balaban J connectivity index is 1.93. The number of nitrogens with one attached hydrogen (secondary N) is 1. The van der Waals surface area contributed by atoms with Crippen LogP contribution in [0.1, 0.15) is 44.6 Å². The van der Waals surface area contributed by atoms with Gasteiger partial charge >= 0.3 is 0 Å².